The SMILES string of the molecule is CCCC(=O)OC(C(C)C)n1c(=O)ccc2ccc(OCCCCN3CCN(c4cccc(Cl)c4Cl)CC3)cc21. The van der Waals surface area contributed by atoms with Gasteiger partial charge in [0.2, 0.25) is 0 Å². The molecule has 4 rings (SSSR count). The molecule has 1 atom stereocenters. The van der Waals surface area contributed by atoms with Gasteiger partial charge >= 0.3 is 5.97 Å². The Morgan fingerprint density at radius 3 is 2.48 bits per heavy atom. The number of rotatable bonds is 12. The minimum absolute atomic E-state index is 0.0713. The summed E-state index contributed by atoms with van der Waals surface area (Å²) in [5.41, 5.74) is 1.50. The predicted molar refractivity (Wildman–Crippen MR) is 163 cm³/mol. The highest BCUT2D eigenvalue weighted by molar-refractivity contribution is 6.43. The van der Waals surface area contributed by atoms with Crippen LogP contribution in [-0.2, 0) is 9.53 Å². The van der Waals surface area contributed by atoms with Crippen LogP contribution in [0.4, 0.5) is 5.69 Å². The zero-order valence-electron chi connectivity index (χ0n) is 23.6. The van der Waals surface area contributed by atoms with Gasteiger partial charge in [0.25, 0.3) is 5.56 Å². The molecule has 0 radical (unpaired) electrons. The number of aromatic nitrogens is 1. The summed E-state index contributed by atoms with van der Waals surface area (Å²) >= 11 is 12.6. The second-order valence-corrected chi connectivity index (χ2v) is 11.4. The fourth-order valence-electron chi connectivity index (χ4n) is 5.05. The molecule has 0 aliphatic carbocycles. The molecule has 1 unspecified atom stereocenters. The number of fused-ring (bicyclic) bond motifs is 1. The van der Waals surface area contributed by atoms with Crippen LogP contribution in [0.25, 0.3) is 10.9 Å². The van der Waals surface area contributed by atoms with Crippen molar-refractivity contribution in [3.63, 3.8) is 0 Å². The Morgan fingerprint density at radius 2 is 1.75 bits per heavy atom. The number of halogens is 2. The molecule has 0 bridgehead atoms. The van der Waals surface area contributed by atoms with Crippen molar-refractivity contribution in [1.29, 1.82) is 0 Å². The summed E-state index contributed by atoms with van der Waals surface area (Å²) in [5, 5.41) is 2.10. The van der Waals surface area contributed by atoms with Crippen molar-refractivity contribution in [1.82, 2.24) is 9.47 Å². The molecule has 2 aromatic carbocycles. The largest absolute Gasteiger partial charge is 0.494 e. The number of piperazine rings is 1. The number of anilines is 1. The maximum absolute atomic E-state index is 12.9. The van der Waals surface area contributed by atoms with Crippen molar-refractivity contribution >= 4 is 45.8 Å². The number of carbonyl (C=O) groups excluding carboxylic acids is 1. The Hall–Kier alpha value is -2.74. The predicted octanol–water partition coefficient (Wildman–Crippen LogP) is 6.79. The number of pyridine rings is 1. The first-order valence-corrected chi connectivity index (χ1v) is 14.9. The van der Waals surface area contributed by atoms with E-state index in [1.165, 1.54) is 6.07 Å². The molecule has 1 fully saturated rings. The van der Waals surface area contributed by atoms with Crippen LogP contribution in [0.1, 0.15) is 52.7 Å². The molecule has 1 aliphatic rings. The van der Waals surface area contributed by atoms with Gasteiger partial charge in [-0.15, -0.1) is 0 Å². The van der Waals surface area contributed by atoms with Gasteiger partial charge in [0.05, 0.1) is 27.9 Å². The molecule has 9 heteroatoms. The molecule has 1 saturated heterocycles. The third kappa shape index (κ3) is 7.50. The molecule has 40 heavy (non-hydrogen) atoms. The molecular weight excluding hydrogens is 549 g/mol. The topological polar surface area (TPSA) is 64.0 Å². The Morgan fingerprint density at radius 1 is 1.00 bits per heavy atom. The highest BCUT2D eigenvalue weighted by Crippen LogP contribution is 2.33. The average Bonchev–Trinajstić information content (AvgIpc) is 2.94. The zero-order chi connectivity index (χ0) is 28.6. The number of hydrogen-bond donors (Lipinski definition) is 0. The molecule has 0 N–H and O–H groups in total. The zero-order valence-corrected chi connectivity index (χ0v) is 25.1. The number of esters is 1. The number of nitrogens with zero attached hydrogens (tertiary/aromatic N) is 3. The first kappa shape index (κ1) is 30.2. The van der Waals surface area contributed by atoms with Crippen LogP contribution in [-0.4, -0.2) is 54.8 Å². The summed E-state index contributed by atoms with van der Waals surface area (Å²) < 4.78 is 13.4. The van der Waals surface area contributed by atoms with Crippen molar-refractivity contribution in [2.24, 2.45) is 5.92 Å². The van der Waals surface area contributed by atoms with Gasteiger partial charge in [0.1, 0.15) is 5.75 Å². The van der Waals surface area contributed by atoms with Gasteiger partial charge in [-0.2, -0.15) is 0 Å². The number of ether oxygens (including phenoxy) is 2. The quantitative estimate of drug-likeness (QED) is 0.172. The van der Waals surface area contributed by atoms with E-state index in [1.54, 1.807) is 10.6 Å². The Balaban J connectivity index is 1.31. The minimum Gasteiger partial charge on any atom is -0.494 e. The van der Waals surface area contributed by atoms with Crippen LogP contribution in [0.5, 0.6) is 5.75 Å². The van der Waals surface area contributed by atoms with Crippen LogP contribution in [0, 0.1) is 5.92 Å². The summed E-state index contributed by atoms with van der Waals surface area (Å²) in [4.78, 5) is 30.0. The summed E-state index contributed by atoms with van der Waals surface area (Å²) in [6, 6.07) is 14.8. The third-order valence-electron chi connectivity index (χ3n) is 7.22. The first-order chi connectivity index (χ1) is 19.3. The van der Waals surface area contributed by atoms with Crippen molar-refractivity contribution < 1.29 is 14.3 Å². The second kappa shape index (κ2) is 14.2. The highest BCUT2D eigenvalue weighted by Gasteiger charge is 2.23. The van der Waals surface area contributed by atoms with E-state index in [0.29, 0.717) is 40.8 Å². The van der Waals surface area contributed by atoms with E-state index in [1.807, 2.05) is 57.2 Å². The second-order valence-electron chi connectivity index (χ2n) is 10.6. The van der Waals surface area contributed by atoms with E-state index in [2.05, 4.69) is 9.80 Å². The van der Waals surface area contributed by atoms with Crippen molar-refractivity contribution in [3.8, 4) is 5.75 Å². The number of unbranched alkanes of at least 4 members (excludes halogenated alkanes) is 1. The smallest absolute Gasteiger partial charge is 0.307 e. The molecule has 3 aromatic rings. The summed E-state index contributed by atoms with van der Waals surface area (Å²) in [5.74, 6) is 0.325. The Kier molecular flexibility index (Phi) is 10.8. The van der Waals surface area contributed by atoms with E-state index in [0.717, 1.165) is 56.6 Å². The number of carbonyl (C=O) groups is 1. The maximum Gasteiger partial charge on any atom is 0.307 e. The third-order valence-corrected chi connectivity index (χ3v) is 8.03. The van der Waals surface area contributed by atoms with Crippen LogP contribution in [0.2, 0.25) is 10.0 Å². The van der Waals surface area contributed by atoms with Crippen LogP contribution < -0.4 is 15.2 Å². The lowest BCUT2D eigenvalue weighted by molar-refractivity contribution is -0.157. The minimum atomic E-state index is -0.680. The Bertz CT molecular complexity index is 1350. The van der Waals surface area contributed by atoms with E-state index >= 15 is 0 Å². The normalized spacial score (nSPS) is 15.0. The van der Waals surface area contributed by atoms with Crippen LogP contribution in [0.15, 0.2) is 53.3 Å². The molecule has 1 aromatic heterocycles. The fourth-order valence-corrected chi connectivity index (χ4v) is 5.46. The highest BCUT2D eigenvalue weighted by atomic mass is 35.5. The molecular formula is C31H39Cl2N3O4. The Labute approximate surface area is 246 Å². The number of benzene rings is 2. The molecule has 2 heterocycles. The van der Waals surface area contributed by atoms with Gasteiger partial charge in [-0.25, -0.2) is 0 Å². The standard InChI is InChI=1S/C31H39Cl2N3O4/c1-4-8-29(38)40-31(22(2)3)36-27-21-24(13-11-23(27)12-14-28(36)37)39-20-6-5-15-34-16-18-35(19-17-34)26-10-7-9-25(32)30(26)33/h7,9-14,21-22,31H,4-6,8,15-20H2,1-3H3. The van der Waals surface area contributed by atoms with Crippen LogP contribution >= 0.6 is 23.2 Å². The lowest BCUT2D eigenvalue weighted by Crippen LogP contribution is -2.46. The lowest BCUT2D eigenvalue weighted by atomic mass is 10.1. The van der Waals surface area contributed by atoms with Gasteiger partial charge in [-0.05, 0) is 61.5 Å². The van der Waals surface area contributed by atoms with Crippen molar-refractivity contribution in [2.75, 3.05) is 44.2 Å². The van der Waals surface area contributed by atoms with Gasteiger partial charge < -0.3 is 14.4 Å². The summed E-state index contributed by atoms with van der Waals surface area (Å²) in [6.45, 7) is 11.2. The lowest BCUT2D eigenvalue weighted by Gasteiger charge is -2.36. The van der Waals surface area contributed by atoms with Crippen molar-refractivity contribution in [3.05, 3.63) is 68.9 Å². The van der Waals surface area contributed by atoms with E-state index in [4.69, 9.17) is 32.7 Å². The molecule has 1 aliphatic heterocycles. The number of hydrogen-bond acceptors (Lipinski definition) is 6. The van der Waals surface area contributed by atoms with E-state index < -0.39 is 6.23 Å². The fraction of sp³-hybridized carbons (Fsp3) is 0.484. The van der Waals surface area contributed by atoms with Gasteiger partial charge in [-0.1, -0.05) is 50.0 Å². The van der Waals surface area contributed by atoms with Crippen LogP contribution in [0.3, 0.4) is 0 Å². The molecule has 0 saturated carbocycles. The molecule has 0 amide bonds. The van der Waals surface area contributed by atoms with Gasteiger partial charge in [0.15, 0.2) is 6.23 Å². The van der Waals surface area contributed by atoms with E-state index in [-0.39, 0.29) is 17.4 Å². The maximum atomic E-state index is 12.9. The summed E-state index contributed by atoms with van der Waals surface area (Å²) in [7, 11) is 0. The molecule has 216 valence electrons. The van der Waals surface area contributed by atoms with Gasteiger partial charge in [-0.3, -0.25) is 19.1 Å². The first-order valence-electron chi connectivity index (χ1n) is 14.2. The van der Waals surface area contributed by atoms with E-state index in [9.17, 15) is 9.59 Å². The van der Waals surface area contributed by atoms with Gasteiger partial charge in [0, 0.05) is 50.7 Å². The molecule has 0 spiro atoms. The summed E-state index contributed by atoms with van der Waals surface area (Å²) in [6.07, 6.45) is 2.28. The monoisotopic (exact) mass is 587 g/mol. The average molecular weight is 589 g/mol. The van der Waals surface area contributed by atoms with Crippen molar-refractivity contribution in [2.45, 2.75) is 52.7 Å². The molecule has 7 nitrogen and oxygen atoms in total.